The van der Waals surface area contributed by atoms with Gasteiger partial charge in [0.2, 0.25) is 0 Å². The van der Waals surface area contributed by atoms with Crippen molar-refractivity contribution < 1.29 is 29.3 Å². The maximum Gasteiger partial charge on any atom is 0.322 e. The van der Waals surface area contributed by atoms with Crippen LogP contribution in [0.4, 0.5) is 0 Å². The lowest BCUT2D eigenvalue weighted by molar-refractivity contribution is -0.147. The molecule has 0 aromatic carbocycles. The minimum atomic E-state index is -1.32. The molecule has 0 radical (unpaired) electrons. The van der Waals surface area contributed by atoms with E-state index in [0.29, 0.717) is 0 Å². The first-order chi connectivity index (χ1) is 7.47. The standard InChI is InChI=1S/C8H14N2O6/c1-2-16-7(13)4-9-10-5(8(14)15)3-6(11)12/h5,9-10H,2-4H2,1H3,(H,11,12)(H,14,15)/t5-/m0/s1. The van der Waals surface area contributed by atoms with E-state index in [-0.39, 0.29) is 13.2 Å². The van der Waals surface area contributed by atoms with Gasteiger partial charge >= 0.3 is 17.9 Å². The quantitative estimate of drug-likeness (QED) is 0.297. The molecule has 0 rings (SSSR count). The molecule has 8 nitrogen and oxygen atoms in total. The summed E-state index contributed by atoms with van der Waals surface area (Å²) in [4.78, 5) is 31.7. The molecular formula is C8H14N2O6. The first-order valence-corrected chi connectivity index (χ1v) is 4.56. The zero-order valence-corrected chi connectivity index (χ0v) is 8.73. The van der Waals surface area contributed by atoms with Crippen molar-refractivity contribution in [2.45, 2.75) is 19.4 Å². The van der Waals surface area contributed by atoms with Crippen molar-refractivity contribution in [2.75, 3.05) is 13.2 Å². The van der Waals surface area contributed by atoms with Crippen LogP contribution < -0.4 is 10.9 Å². The van der Waals surface area contributed by atoms with Crippen molar-refractivity contribution in [3.63, 3.8) is 0 Å². The molecule has 0 aliphatic heterocycles. The van der Waals surface area contributed by atoms with Gasteiger partial charge in [-0.15, -0.1) is 0 Å². The average molecular weight is 234 g/mol. The summed E-state index contributed by atoms with van der Waals surface area (Å²) in [6.07, 6.45) is -0.592. The van der Waals surface area contributed by atoms with Crippen molar-refractivity contribution in [1.82, 2.24) is 10.9 Å². The van der Waals surface area contributed by atoms with Gasteiger partial charge < -0.3 is 14.9 Å². The third-order valence-electron chi connectivity index (χ3n) is 1.49. The van der Waals surface area contributed by atoms with E-state index in [4.69, 9.17) is 10.2 Å². The normalized spacial score (nSPS) is 11.8. The lowest BCUT2D eigenvalue weighted by Gasteiger charge is -2.12. The van der Waals surface area contributed by atoms with Crippen molar-refractivity contribution >= 4 is 17.9 Å². The third kappa shape index (κ3) is 6.74. The number of carboxylic acid groups (broad SMARTS) is 2. The fourth-order valence-corrected chi connectivity index (χ4v) is 0.833. The number of hydrogen-bond donors (Lipinski definition) is 4. The van der Waals surface area contributed by atoms with Crippen molar-refractivity contribution in [3.8, 4) is 0 Å². The molecule has 0 heterocycles. The molecule has 0 amide bonds. The number of carboxylic acids is 2. The van der Waals surface area contributed by atoms with Crippen LogP contribution in [0.3, 0.4) is 0 Å². The molecule has 0 fully saturated rings. The Morgan fingerprint density at radius 3 is 2.38 bits per heavy atom. The highest BCUT2D eigenvalue weighted by atomic mass is 16.5. The van der Waals surface area contributed by atoms with Gasteiger partial charge in [0.15, 0.2) is 0 Å². The van der Waals surface area contributed by atoms with Gasteiger partial charge in [-0.1, -0.05) is 0 Å². The van der Waals surface area contributed by atoms with Crippen LogP contribution in [0.5, 0.6) is 0 Å². The molecule has 0 unspecified atom stereocenters. The number of carbonyl (C=O) groups excluding carboxylic acids is 1. The van der Waals surface area contributed by atoms with Gasteiger partial charge in [-0.05, 0) is 6.92 Å². The van der Waals surface area contributed by atoms with Gasteiger partial charge in [0.05, 0.1) is 13.0 Å². The number of esters is 1. The predicted molar refractivity (Wildman–Crippen MR) is 51.4 cm³/mol. The Labute approximate surface area is 91.6 Å². The summed E-state index contributed by atoms with van der Waals surface area (Å²) in [6.45, 7) is 1.62. The summed E-state index contributed by atoms with van der Waals surface area (Å²) in [7, 11) is 0. The summed E-state index contributed by atoms with van der Waals surface area (Å²) in [6, 6.07) is -1.30. The van der Waals surface area contributed by atoms with Crippen LogP contribution in [0.15, 0.2) is 0 Å². The zero-order chi connectivity index (χ0) is 12.6. The van der Waals surface area contributed by atoms with Gasteiger partial charge in [0.25, 0.3) is 0 Å². The smallest absolute Gasteiger partial charge is 0.322 e. The van der Waals surface area contributed by atoms with E-state index in [2.05, 4.69) is 15.6 Å². The van der Waals surface area contributed by atoms with Gasteiger partial charge in [0, 0.05) is 0 Å². The van der Waals surface area contributed by atoms with E-state index in [0.717, 1.165) is 0 Å². The van der Waals surface area contributed by atoms with E-state index < -0.39 is 30.4 Å². The monoisotopic (exact) mass is 234 g/mol. The van der Waals surface area contributed by atoms with Crippen LogP contribution >= 0.6 is 0 Å². The lowest BCUT2D eigenvalue weighted by atomic mass is 10.2. The molecule has 0 spiro atoms. The number of rotatable bonds is 8. The Bertz CT molecular complexity index is 267. The highest BCUT2D eigenvalue weighted by molar-refractivity contribution is 5.80. The molecule has 0 aromatic heterocycles. The Kier molecular flexibility index (Phi) is 6.81. The molecule has 16 heavy (non-hydrogen) atoms. The summed E-state index contributed by atoms with van der Waals surface area (Å²) in [5.41, 5.74) is 4.50. The fourth-order valence-electron chi connectivity index (χ4n) is 0.833. The maximum absolute atomic E-state index is 10.8. The first kappa shape index (κ1) is 14.3. The average Bonchev–Trinajstić information content (AvgIpc) is 2.15. The van der Waals surface area contributed by atoms with Crippen LogP contribution in [0.2, 0.25) is 0 Å². The summed E-state index contributed by atoms with van der Waals surface area (Å²) in [5, 5.41) is 17.0. The number of ether oxygens (including phenoxy) is 1. The van der Waals surface area contributed by atoms with Gasteiger partial charge in [-0.25, -0.2) is 10.9 Å². The largest absolute Gasteiger partial charge is 0.481 e. The Balaban J connectivity index is 3.89. The van der Waals surface area contributed by atoms with Crippen LogP contribution in [0, 0.1) is 0 Å². The van der Waals surface area contributed by atoms with Crippen molar-refractivity contribution in [1.29, 1.82) is 0 Å². The number of carbonyl (C=O) groups is 3. The van der Waals surface area contributed by atoms with E-state index >= 15 is 0 Å². The minimum absolute atomic E-state index is 0.220. The second kappa shape index (κ2) is 7.60. The number of hydrazine groups is 1. The lowest BCUT2D eigenvalue weighted by Crippen LogP contribution is -2.48. The molecule has 1 atom stereocenters. The van der Waals surface area contributed by atoms with Gasteiger partial charge in [0.1, 0.15) is 12.6 Å². The van der Waals surface area contributed by atoms with E-state index in [9.17, 15) is 14.4 Å². The van der Waals surface area contributed by atoms with E-state index in [1.807, 2.05) is 0 Å². The Morgan fingerprint density at radius 2 is 1.94 bits per heavy atom. The molecule has 0 saturated carbocycles. The molecule has 8 heteroatoms. The number of aliphatic carboxylic acids is 2. The highest BCUT2D eigenvalue weighted by Crippen LogP contribution is 1.90. The van der Waals surface area contributed by atoms with Gasteiger partial charge in [-0.2, -0.15) is 0 Å². The summed E-state index contributed by atoms with van der Waals surface area (Å²) >= 11 is 0. The molecular weight excluding hydrogens is 220 g/mol. The van der Waals surface area contributed by atoms with Crippen LogP contribution in [0.1, 0.15) is 13.3 Å². The molecule has 4 N–H and O–H groups in total. The zero-order valence-electron chi connectivity index (χ0n) is 8.73. The first-order valence-electron chi connectivity index (χ1n) is 4.56. The van der Waals surface area contributed by atoms with E-state index in [1.165, 1.54) is 0 Å². The third-order valence-corrected chi connectivity index (χ3v) is 1.49. The Morgan fingerprint density at radius 1 is 1.31 bits per heavy atom. The molecule has 92 valence electrons. The molecule has 0 bridgehead atoms. The SMILES string of the molecule is CCOC(=O)CNN[C@@H](CC(=O)O)C(=O)O. The predicted octanol–water partition coefficient (Wildman–Crippen LogP) is -1.43. The second-order valence-electron chi connectivity index (χ2n) is 2.79. The van der Waals surface area contributed by atoms with E-state index in [1.54, 1.807) is 6.92 Å². The fraction of sp³-hybridized carbons (Fsp3) is 0.625. The number of nitrogens with one attached hydrogen (secondary N) is 2. The molecule has 0 saturated heterocycles. The van der Waals surface area contributed by atoms with Crippen LogP contribution in [-0.2, 0) is 19.1 Å². The summed E-state index contributed by atoms with van der Waals surface area (Å²) in [5.74, 6) is -3.13. The minimum Gasteiger partial charge on any atom is -0.481 e. The van der Waals surface area contributed by atoms with Crippen molar-refractivity contribution in [2.24, 2.45) is 0 Å². The second-order valence-corrected chi connectivity index (χ2v) is 2.79. The summed E-state index contributed by atoms with van der Waals surface area (Å²) < 4.78 is 4.56. The topological polar surface area (TPSA) is 125 Å². The van der Waals surface area contributed by atoms with Crippen LogP contribution in [0.25, 0.3) is 0 Å². The van der Waals surface area contributed by atoms with Crippen LogP contribution in [-0.4, -0.2) is 47.3 Å². The number of hydrogen-bond acceptors (Lipinski definition) is 6. The van der Waals surface area contributed by atoms with Crippen molar-refractivity contribution in [3.05, 3.63) is 0 Å². The Hall–Kier alpha value is -1.67. The van der Waals surface area contributed by atoms with Gasteiger partial charge in [-0.3, -0.25) is 14.4 Å². The molecule has 0 aliphatic rings. The molecule has 0 aromatic rings. The highest BCUT2D eigenvalue weighted by Gasteiger charge is 2.20. The maximum atomic E-state index is 10.8. The molecule has 0 aliphatic carbocycles.